The lowest BCUT2D eigenvalue weighted by Crippen LogP contribution is -2.35. The third-order valence-electron chi connectivity index (χ3n) is 2.65. The second-order valence-electron chi connectivity index (χ2n) is 3.72. The average Bonchev–Trinajstić information content (AvgIpc) is 2.38. The van der Waals surface area contributed by atoms with E-state index < -0.39 is 5.82 Å². The zero-order valence-corrected chi connectivity index (χ0v) is 10.5. The zero-order valence-electron chi connectivity index (χ0n) is 10.5. The lowest BCUT2D eigenvalue weighted by atomic mass is 10.2. The summed E-state index contributed by atoms with van der Waals surface area (Å²) < 4.78 is 12.9. The summed E-state index contributed by atoms with van der Waals surface area (Å²) >= 11 is 0. The summed E-state index contributed by atoms with van der Waals surface area (Å²) in [6, 6.07) is 5.75. The largest absolute Gasteiger partial charge is 0.375 e. The smallest absolute Gasteiger partial charge is 0.241 e. The molecule has 0 aliphatic carbocycles. The molecule has 5 heteroatoms. The molecule has 0 unspecified atom stereocenters. The fourth-order valence-electron chi connectivity index (χ4n) is 1.62. The Bertz CT molecular complexity index is 464. The Kier molecular flexibility index (Phi) is 5.12. The molecule has 0 saturated heterocycles. The van der Waals surface area contributed by atoms with E-state index in [1.165, 1.54) is 12.1 Å². The molecule has 1 amide bonds. The van der Waals surface area contributed by atoms with Crippen LogP contribution in [0.2, 0.25) is 0 Å². The van der Waals surface area contributed by atoms with Crippen molar-refractivity contribution in [3.8, 4) is 6.07 Å². The van der Waals surface area contributed by atoms with Crippen LogP contribution in [-0.2, 0) is 4.79 Å². The fourth-order valence-corrected chi connectivity index (χ4v) is 1.62. The summed E-state index contributed by atoms with van der Waals surface area (Å²) in [5.74, 6) is -0.514. The highest BCUT2D eigenvalue weighted by Gasteiger charge is 2.10. The fraction of sp³-hybridized carbons (Fsp3) is 0.385. The summed E-state index contributed by atoms with van der Waals surface area (Å²) in [7, 11) is 0. The minimum Gasteiger partial charge on any atom is -0.375 e. The predicted octanol–water partition coefficient (Wildman–Crippen LogP) is 1.98. The van der Waals surface area contributed by atoms with Crippen LogP contribution in [0.4, 0.5) is 10.1 Å². The van der Waals surface area contributed by atoms with Crippen molar-refractivity contribution in [1.29, 1.82) is 5.26 Å². The number of rotatable bonds is 5. The van der Waals surface area contributed by atoms with Gasteiger partial charge in [0, 0.05) is 13.1 Å². The normalized spacial score (nSPS) is 9.67. The van der Waals surface area contributed by atoms with Gasteiger partial charge in [0.1, 0.15) is 11.9 Å². The Morgan fingerprint density at radius 2 is 2.11 bits per heavy atom. The Morgan fingerprint density at radius 3 is 2.67 bits per heavy atom. The molecule has 0 heterocycles. The molecule has 0 saturated carbocycles. The van der Waals surface area contributed by atoms with E-state index in [1.54, 1.807) is 4.90 Å². The van der Waals surface area contributed by atoms with Gasteiger partial charge in [-0.3, -0.25) is 4.79 Å². The molecular weight excluding hydrogens is 233 g/mol. The summed E-state index contributed by atoms with van der Waals surface area (Å²) in [6.07, 6.45) is 0. The summed E-state index contributed by atoms with van der Waals surface area (Å²) in [5.41, 5.74) is 0.668. The van der Waals surface area contributed by atoms with Crippen LogP contribution in [-0.4, -0.2) is 30.4 Å². The summed E-state index contributed by atoms with van der Waals surface area (Å²) in [5, 5.41) is 11.7. The van der Waals surface area contributed by atoms with Crippen molar-refractivity contribution < 1.29 is 9.18 Å². The van der Waals surface area contributed by atoms with Gasteiger partial charge in [0.2, 0.25) is 5.91 Å². The lowest BCUT2D eigenvalue weighted by molar-refractivity contribution is -0.128. The van der Waals surface area contributed by atoms with Crippen LogP contribution in [0.5, 0.6) is 0 Å². The Balaban J connectivity index is 2.70. The molecule has 0 aromatic heterocycles. The maximum absolute atomic E-state index is 12.9. The van der Waals surface area contributed by atoms with Crippen LogP contribution in [0.3, 0.4) is 0 Å². The molecule has 4 nitrogen and oxygen atoms in total. The number of likely N-dealkylation sites (N-methyl/N-ethyl adjacent to an activating group) is 1. The summed E-state index contributed by atoms with van der Waals surface area (Å²) in [4.78, 5) is 13.4. The maximum Gasteiger partial charge on any atom is 0.241 e. The molecule has 1 aromatic rings. The van der Waals surface area contributed by atoms with E-state index in [9.17, 15) is 9.18 Å². The molecule has 1 N–H and O–H groups in total. The number of nitrogens with one attached hydrogen (secondary N) is 1. The first-order valence-corrected chi connectivity index (χ1v) is 5.83. The van der Waals surface area contributed by atoms with Crippen molar-refractivity contribution in [3.05, 3.63) is 29.6 Å². The van der Waals surface area contributed by atoms with Crippen molar-refractivity contribution in [2.45, 2.75) is 13.8 Å². The third-order valence-corrected chi connectivity index (χ3v) is 2.65. The molecule has 0 atom stereocenters. The van der Waals surface area contributed by atoms with Crippen LogP contribution < -0.4 is 5.32 Å². The van der Waals surface area contributed by atoms with Crippen molar-refractivity contribution in [1.82, 2.24) is 4.90 Å². The standard InChI is InChI=1S/C13H16FN3O/c1-3-17(4-2)13(18)9-16-12-6-5-11(14)7-10(12)8-15/h5-7,16H,3-4,9H2,1-2H3. The Labute approximate surface area is 106 Å². The van der Waals surface area contributed by atoms with Gasteiger partial charge in [0.15, 0.2) is 0 Å². The van der Waals surface area contributed by atoms with Gasteiger partial charge in [-0.1, -0.05) is 0 Å². The number of hydrogen-bond acceptors (Lipinski definition) is 3. The van der Waals surface area contributed by atoms with Gasteiger partial charge in [-0.15, -0.1) is 0 Å². The molecule has 96 valence electrons. The number of benzene rings is 1. The zero-order chi connectivity index (χ0) is 13.5. The summed E-state index contributed by atoms with van der Waals surface area (Å²) in [6.45, 7) is 5.19. The second kappa shape index (κ2) is 6.60. The van der Waals surface area contributed by atoms with Crippen LogP contribution in [0.1, 0.15) is 19.4 Å². The van der Waals surface area contributed by atoms with Gasteiger partial charge >= 0.3 is 0 Å². The van der Waals surface area contributed by atoms with E-state index in [-0.39, 0.29) is 18.0 Å². The molecule has 0 fully saturated rings. The number of nitriles is 1. The van der Waals surface area contributed by atoms with Crippen molar-refractivity contribution in [2.24, 2.45) is 0 Å². The Morgan fingerprint density at radius 1 is 1.44 bits per heavy atom. The maximum atomic E-state index is 12.9. The monoisotopic (exact) mass is 249 g/mol. The van der Waals surface area contributed by atoms with E-state index in [1.807, 2.05) is 19.9 Å². The van der Waals surface area contributed by atoms with Crippen LogP contribution in [0.25, 0.3) is 0 Å². The molecule has 0 bridgehead atoms. The molecular formula is C13H16FN3O. The minimum atomic E-state index is -0.466. The predicted molar refractivity (Wildman–Crippen MR) is 67.5 cm³/mol. The molecule has 1 aromatic carbocycles. The number of halogens is 1. The number of hydrogen-bond donors (Lipinski definition) is 1. The van der Waals surface area contributed by atoms with Crippen molar-refractivity contribution in [2.75, 3.05) is 25.0 Å². The molecule has 0 aliphatic heterocycles. The number of nitrogens with zero attached hydrogens (tertiary/aromatic N) is 2. The molecule has 0 aliphatic rings. The number of amides is 1. The quantitative estimate of drug-likeness (QED) is 0.868. The van der Waals surface area contributed by atoms with Gasteiger partial charge in [-0.05, 0) is 32.0 Å². The van der Waals surface area contributed by atoms with Gasteiger partial charge in [0.25, 0.3) is 0 Å². The van der Waals surface area contributed by atoms with Crippen molar-refractivity contribution in [3.63, 3.8) is 0 Å². The van der Waals surface area contributed by atoms with Crippen molar-refractivity contribution >= 4 is 11.6 Å². The van der Waals surface area contributed by atoms with Crippen LogP contribution >= 0.6 is 0 Å². The number of carbonyl (C=O) groups is 1. The van der Waals surface area contributed by atoms with Gasteiger partial charge in [-0.2, -0.15) is 5.26 Å². The van der Waals surface area contributed by atoms with Gasteiger partial charge < -0.3 is 10.2 Å². The lowest BCUT2D eigenvalue weighted by Gasteiger charge is -2.19. The van der Waals surface area contributed by atoms with E-state index >= 15 is 0 Å². The first-order chi connectivity index (χ1) is 8.62. The first kappa shape index (κ1) is 14.0. The second-order valence-corrected chi connectivity index (χ2v) is 3.72. The first-order valence-electron chi connectivity index (χ1n) is 5.83. The third kappa shape index (κ3) is 3.45. The number of anilines is 1. The molecule has 0 radical (unpaired) electrons. The SMILES string of the molecule is CCN(CC)C(=O)CNc1ccc(F)cc1C#N. The highest BCUT2D eigenvalue weighted by Crippen LogP contribution is 2.15. The van der Waals surface area contributed by atoms with Gasteiger partial charge in [0.05, 0.1) is 17.8 Å². The molecule has 0 spiro atoms. The molecule has 1 rings (SSSR count). The average molecular weight is 249 g/mol. The Hall–Kier alpha value is -2.09. The van der Waals surface area contributed by atoms with Crippen LogP contribution in [0.15, 0.2) is 18.2 Å². The van der Waals surface area contributed by atoms with E-state index in [0.717, 1.165) is 6.07 Å². The van der Waals surface area contributed by atoms with E-state index in [0.29, 0.717) is 18.8 Å². The highest BCUT2D eigenvalue weighted by atomic mass is 19.1. The number of carbonyl (C=O) groups excluding carboxylic acids is 1. The highest BCUT2D eigenvalue weighted by molar-refractivity contribution is 5.81. The van der Waals surface area contributed by atoms with E-state index in [4.69, 9.17) is 5.26 Å². The van der Waals surface area contributed by atoms with Crippen LogP contribution in [0, 0.1) is 17.1 Å². The van der Waals surface area contributed by atoms with Gasteiger partial charge in [-0.25, -0.2) is 4.39 Å². The minimum absolute atomic E-state index is 0.0479. The van der Waals surface area contributed by atoms with E-state index in [2.05, 4.69) is 5.32 Å². The topological polar surface area (TPSA) is 56.1 Å². The molecule has 18 heavy (non-hydrogen) atoms.